The molecule has 0 heterocycles. The monoisotopic (exact) mass is 151 g/mol. The van der Waals surface area contributed by atoms with E-state index in [1.807, 2.05) is 18.2 Å². The van der Waals surface area contributed by atoms with Gasteiger partial charge >= 0.3 is 0 Å². The minimum Gasteiger partial charge on any atom is -0.497 e. The van der Waals surface area contributed by atoms with Gasteiger partial charge in [0.2, 0.25) is 0 Å². The van der Waals surface area contributed by atoms with Crippen LogP contribution in [0.15, 0.2) is 36.1 Å². The van der Waals surface area contributed by atoms with Crippen LogP contribution < -0.4 is 5.73 Å². The summed E-state index contributed by atoms with van der Waals surface area (Å²) in [6.45, 7) is 3.74. The van der Waals surface area contributed by atoms with E-state index in [9.17, 15) is 0 Å². The van der Waals surface area contributed by atoms with Crippen LogP contribution in [0.3, 0.4) is 0 Å². The predicted octanol–water partition coefficient (Wildman–Crippen LogP) is 1.36. The van der Waals surface area contributed by atoms with E-state index in [0.717, 1.165) is 12.0 Å². The Kier molecular flexibility index (Phi) is 2.49. The maximum absolute atomic E-state index is 5.80. The fraction of sp³-hybridized carbons (Fsp3) is 0.333. The first-order valence-corrected chi connectivity index (χ1v) is 3.61. The summed E-state index contributed by atoms with van der Waals surface area (Å²) in [7, 11) is 1.61. The lowest BCUT2D eigenvalue weighted by atomic mass is 9.99. The second kappa shape index (κ2) is 3.39. The third-order valence-electron chi connectivity index (χ3n) is 1.77. The van der Waals surface area contributed by atoms with Gasteiger partial charge in [-0.25, -0.2) is 0 Å². The Bertz CT molecular complexity index is 216. The van der Waals surface area contributed by atoms with Crippen molar-refractivity contribution in [2.45, 2.75) is 12.5 Å². The molecule has 0 saturated carbocycles. The quantitative estimate of drug-likeness (QED) is 0.605. The van der Waals surface area contributed by atoms with Crippen LogP contribution in [0.1, 0.15) is 6.42 Å². The fourth-order valence-corrected chi connectivity index (χ4v) is 1.07. The predicted molar refractivity (Wildman–Crippen MR) is 46.0 cm³/mol. The van der Waals surface area contributed by atoms with Gasteiger partial charge in [0.25, 0.3) is 0 Å². The first-order valence-electron chi connectivity index (χ1n) is 3.61. The van der Waals surface area contributed by atoms with E-state index in [4.69, 9.17) is 10.5 Å². The van der Waals surface area contributed by atoms with Crippen LogP contribution in [0, 0.1) is 0 Å². The van der Waals surface area contributed by atoms with Crippen molar-refractivity contribution in [1.29, 1.82) is 0 Å². The lowest BCUT2D eigenvalue weighted by Gasteiger charge is -2.17. The normalized spacial score (nSPS) is 22.7. The van der Waals surface area contributed by atoms with Gasteiger partial charge in [-0.3, -0.25) is 0 Å². The number of hydrogen-bond donors (Lipinski definition) is 1. The van der Waals surface area contributed by atoms with E-state index in [1.54, 1.807) is 7.11 Å². The Morgan fingerprint density at radius 1 is 1.82 bits per heavy atom. The molecule has 2 heteroatoms. The molecule has 60 valence electrons. The topological polar surface area (TPSA) is 35.2 Å². The number of methoxy groups -OCH3 is 1. The molecule has 0 aromatic rings. The lowest BCUT2D eigenvalue weighted by molar-refractivity contribution is 0.298. The highest BCUT2D eigenvalue weighted by molar-refractivity contribution is 5.35. The van der Waals surface area contributed by atoms with E-state index >= 15 is 0 Å². The number of allylic oxidation sites excluding steroid dienone is 2. The second-order valence-electron chi connectivity index (χ2n) is 2.52. The molecule has 1 aliphatic carbocycles. The average molecular weight is 151 g/mol. The summed E-state index contributed by atoms with van der Waals surface area (Å²) in [5, 5.41) is 0. The van der Waals surface area contributed by atoms with Crippen molar-refractivity contribution in [2.24, 2.45) is 5.73 Å². The van der Waals surface area contributed by atoms with E-state index in [0.29, 0.717) is 5.76 Å². The molecule has 1 unspecified atom stereocenters. The molecule has 1 aliphatic rings. The molecule has 2 N–H and O–H groups in total. The molecule has 0 amide bonds. The number of ether oxygens (including phenoxy) is 1. The Hall–Kier alpha value is -1.02. The van der Waals surface area contributed by atoms with Gasteiger partial charge in [0.15, 0.2) is 0 Å². The van der Waals surface area contributed by atoms with Crippen LogP contribution >= 0.6 is 0 Å². The molecular weight excluding hydrogens is 138 g/mol. The number of nitrogens with two attached hydrogens (primary N) is 1. The Morgan fingerprint density at radius 3 is 3.09 bits per heavy atom. The first kappa shape index (κ1) is 8.08. The second-order valence-corrected chi connectivity index (χ2v) is 2.52. The van der Waals surface area contributed by atoms with Crippen LogP contribution in [0.2, 0.25) is 0 Å². The van der Waals surface area contributed by atoms with Crippen molar-refractivity contribution >= 4 is 0 Å². The van der Waals surface area contributed by atoms with Crippen LogP contribution in [0.5, 0.6) is 0 Å². The van der Waals surface area contributed by atoms with Crippen molar-refractivity contribution in [3.05, 3.63) is 36.1 Å². The van der Waals surface area contributed by atoms with Gasteiger partial charge in [0.1, 0.15) is 5.76 Å². The van der Waals surface area contributed by atoms with Gasteiger partial charge in [-0.1, -0.05) is 24.8 Å². The van der Waals surface area contributed by atoms with E-state index in [2.05, 4.69) is 6.58 Å². The maximum atomic E-state index is 5.80. The van der Waals surface area contributed by atoms with E-state index in [1.165, 1.54) is 0 Å². The van der Waals surface area contributed by atoms with Gasteiger partial charge < -0.3 is 10.5 Å². The van der Waals surface area contributed by atoms with Crippen molar-refractivity contribution in [1.82, 2.24) is 0 Å². The molecule has 2 nitrogen and oxygen atoms in total. The molecule has 0 fully saturated rings. The van der Waals surface area contributed by atoms with E-state index in [-0.39, 0.29) is 6.04 Å². The molecule has 0 radical (unpaired) electrons. The first-order chi connectivity index (χ1) is 5.25. The Labute approximate surface area is 67.0 Å². The van der Waals surface area contributed by atoms with Crippen molar-refractivity contribution in [3.63, 3.8) is 0 Å². The summed E-state index contributed by atoms with van der Waals surface area (Å²) in [5.74, 6) is 0.668. The number of hydrogen-bond acceptors (Lipinski definition) is 2. The minimum absolute atomic E-state index is 0.0486. The zero-order valence-corrected chi connectivity index (χ0v) is 6.71. The minimum atomic E-state index is 0.0486. The smallest absolute Gasteiger partial charge is 0.116 e. The standard InChI is InChI=1S/C9H13NO/c1-7(11-2)8-5-3-4-6-9(8)10/h3-5,9H,1,6,10H2,2H3. The largest absolute Gasteiger partial charge is 0.497 e. The van der Waals surface area contributed by atoms with Crippen molar-refractivity contribution in [3.8, 4) is 0 Å². The van der Waals surface area contributed by atoms with Crippen molar-refractivity contribution < 1.29 is 4.74 Å². The van der Waals surface area contributed by atoms with Gasteiger partial charge in [0, 0.05) is 11.6 Å². The molecule has 1 rings (SSSR count). The summed E-state index contributed by atoms with van der Waals surface area (Å²) in [5.41, 5.74) is 6.79. The van der Waals surface area contributed by atoms with Gasteiger partial charge in [-0.2, -0.15) is 0 Å². The number of rotatable bonds is 2. The fourth-order valence-electron chi connectivity index (χ4n) is 1.07. The summed E-state index contributed by atoms with van der Waals surface area (Å²) in [4.78, 5) is 0. The molecule has 0 aromatic carbocycles. The highest BCUT2D eigenvalue weighted by Gasteiger charge is 2.12. The molecule has 0 bridgehead atoms. The Balaban J connectivity index is 2.75. The van der Waals surface area contributed by atoms with Crippen molar-refractivity contribution in [2.75, 3.05) is 7.11 Å². The summed E-state index contributed by atoms with van der Waals surface area (Å²) >= 11 is 0. The summed E-state index contributed by atoms with van der Waals surface area (Å²) in [6, 6.07) is 0.0486. The molecule has 0 aromatic heterocycles. The highest BCUT2D eigenvalue weighted by atomic mass is 16.5. The molecule has 0 aliphatic heterocycles. The molecule has 1 atom stereocenters. The zero-order chi connectivity index (χ0) is 8.27. The maximum Gasteiger partial charge on any atom is 0.116 e. The highest BCUT2D eigenvalue weighted by Crippen LogP contribution is 2.17. The molecular formula is C9H13NO. The van der Waals surface area contributed by atoms with Gasteiger partial charge in [0.05, 0.1) is 7.11 Å². The van der Waals surface area contributed by atoms with Gasteiger partial charge in [-0.05, 0) is 6.42 Å². The van der Waals surface area contributed by atoms with Crippen LogP contribution in [-0.4, -0.2) is 13.2 Å². The summed E-state index contributed by atoms with van der Waals surface area (Å²) < 4.78 is 4.98. The van der Waals surface area contributed by atoms with Crippen LogP contribution in [-0.2, 0) is 4.74 Å². The molecule has 11 heavy (non-hydrogen) atoms. The van der Waals surface area contributed by atoms with Gasteiger partial charge in [-0.15, -0.1) is 0 Å². The summed E-state index contributed by atoms with van der Waals surface area (Å²) in [6.07, 6.45) is 6.83. The molecule has 0 saturated heterocycles. The average Bonchev–Trinajstić information content (AvgIpc) is 2.04. The Morgan fingerprint density at radius 2 is 2.55 bits per heavy atom. The van der Waals surface area contributed by atoms with E-state index < -0.39 is 0 Å². The zero-order valence-electron chi connectivity index (χ0n) is 6.71. The third kappa shape index (κ3) is 1.71. The van der Waals surface area contributed by atoms with Crippen LogP contribution in [0.25, 0.3) is 0 Å². The van der Waals surface area contributed by atoms with Crippen LogP contribution in [0.4, 0.5) is 0 Å². The molecule has 0 spiro atoms. The lowest BCUT2D eigenvalue weighted by Crippen LogP contribution is -2.24. The SMILES string of the molecule is C=C(OC)C1=CC=CCC1N. The third-order valence-corrected chi connectivity index (χ3v) is 1.77.